The molecule has 0 aliphatic heterocycles. The van der Waals surface area contributed by atoms with Crippen LogP contribution in [-0.2, 0) is 6.42 Å². The van der Waals surface area contributed by atoms with E-state index in [1.165, 1.54) is 10.8 Å². The lowest BCUT2D eigenvalue weighted by Gasteiger charge is -2.04. The average Bonchev–Trinajstić information content (AvgIpc) is 2.63. The van der Waals surface area contributed by atoms with E-state index < -0.39 is 6.10 Å². The van der Waals surface area contributed by atoms with Crippen molar-refractivity contribution in [2.24, 2.45) is 0 Å². The maximum Gasteiger partial charge on any atom is 0.224 e. The zero-order chi connectivity index (χ0) is 10.8. The molecule has 2 rings (SSSR count). The second-order valence-corrected chi connectivity index (χ2v) is 3.18. The van der Waals surface area contributed by atoms with Crippen molar-refractivity contribution in [3.63, 3.8) is 0 Å². The van der Waals surface area contributed by atoms with Gasteiger partial charge in [-0.2, -0.15) is 9.61 Å². The summed E-state index contributed by atoms with van der Waals surface area (Å²) in [7, 11) is 0. The van der Waals surface area contributed by atoms with Gasteiger partial charge in [0.15, 0.2) is 5.65 Å². The molecule has 0 spiro atoms. The van der Waals surface area contributed by atoms with Gasteiger partial charge >= 0.3 is 0 Å². The quantitative estimate of drug-likeness (QED) is 0.573. The van der Waals surface area contributed by atoms with Crippen molar-refractivity contribution >= 4 is 11.6 Å². The first kappa shape index (κ1) is 9.81. The summed E-state index contributed by atoms with van der Waals surface area (Å²) in [6, 6.07) is 0. The Kier molecular flexibility index (Phi) is 2.48. The fraction of sp³-hybridized carbons (Fsp3) is 0.375. The molecule has 7 nitrogen and oxygen atoms in total. The lowest BCUT2D eigenvalue weighted by Crippen LogP contribution is -2.15. The Bertz CT molecular complexity index is 469. The molecule has 4 N–H and O–H groups in total. The number of anilines is 1. The monoisotopic (exact) mass is 209 g/mol. The van der Waals surface area contributed by atoms with Crippen molar-refractivity contribution in [3.05, 3.63) is 18.1 Å². The second-order valence-electron chi connectivity index (χ2n) is 3.18. The highest BCUT2D eigenvalue weighted by Crippen LogP contribution is 2.11. The van der Waals surface area contributed by atoms with Gasteiger partial charge in [-0.3, -0.25) is 0 Å². The van der Waals surface area contributed by atoms with E-state index in [0.717, 1.165) is 5.56 Å². The minimum Gasteiger partial charge on any atom is -0.394 e. The molecule has 0 amide bonds. The molecule has 80 valence electrons. The predicted octanol–water partition coefficient (Wildman–Crippen LogP) is -1.40. The lowest BCUT2D eigenvalue weighted by atomic mass is 10.1. The highest BCUT2D eigenvalue weighted by Gasteiger charge is 2.11. The summed E-state index contributed by atoms with van der Waals surface area (Å²) < 4.78 is 1.39. The van der Waals surface area contributed by atoms with Crippen LogP contribution in [0.4, 0.5) is 5.95 Å². The molecule has 0 saturated carbocycles. The Hall–Kier alpha value is -1.73. The van der Waals surface area contributed by atoms with Gasteiger partial charge in [0.25, 0.3) is 0 Å². The standard InChI is InChI=1S/C8H11N5O2/c9-8-11-4-10-7-5(1-6(15)3-14)2-12-13(7)8/h2,4,6,14-15H,1,3H2,(H2,9,10,11). The normalized spacial score (nSPS) is 13.2. The summed E-state index contributed by atoms with van der Waals surface area (Å²) in [6.07, 6.45) is 2.37. The molecule has 15 heavy (non-hydrogen) atoms. The summed E-state index contributed by atoms with van der Waals surface area (Å²) in [5.41, 5.74) is 6.85. The molecular formula is C8H11N5O2. The molecule has 0 aliphatic carbocycles. The molecule has 7 heteroatoms. The topological polar surface area (TPSA) is 110 Å². The van der Waals surface area contributed by atoms with Gasteiger partial charge in [0.05, 0.1) is 18.9 Å². The van der Waals surface area contributed by atoms with Crippen molar-refractivity contribution in [1.29, 1.82) is 0 Å². The molecule has 0 aromatic carbocycles. The average molecular weight is 209 g/mol. The van der Waals surface area contributed by atoms with Gasteiger partial charge in [-0.25, -0.2) is 9.97 Å². The molecule has 0 radical (unpaired) electrons. The van der Waals surface area contributed by atoms with Crippen LogP contribution in [0.3, 0.4) is 0 Å². The molecule has 0 aliphatic rings. The van der Waals surface area contributed by atoms with Gasteiger partial charge in [0, 0.05) is 12.0 Å². The minimum absolute atomic E-state index is 0.240. The second kappa shape index (κ2) is 3.79. The van der Waals surface area contributed by atoms with Crippen LogP contribution in [0.5, 0.6) is 0 Å². The maximum atomic E-state index is 9.30. The summed E-state index contributed by atoms with van der Waals surface area (Å²) in [6.45, 7) is -0.294. The van der Waals surface area contributed by atoms with Gasteiger partial charge < -0.3 is 15.9 Å². The molecule has 0 bridgehead atoms. The number of fused-ring (bicyclic) bond motifs is 1. The van der Waals surface area contributed by atoms with Crippen LogP contribution in [0.2, 0.25) is 0 Å². The SMILES string of the molecule is Nc1ncnc2c(CC(O)CO)cnn12. The fourth-order valence-corrected chi connectivity index (χ4v) is 1.34. The van der Waals surface area contributed by atoms with E-state index in [1.807, 2.05) is 0 Å². The summed E-state index contributed by atoms with van der Waals surface area (Å²) in [5.74, 6) is 0.240. The summed E-state index contributed by atoms with van der Waals surface area (Å²) in [4.78, 5) is 7.78. The zero-order valence-electron chi connectivity index (χ0n) is 7.91. The Balaban J connectivity index is 2.41. The van der Waals surface area contributed by atoms with Crippen molar-refractivity contribution in [2.75, 3.05) is 12.3 Å². The Morgan fingerprint density at radius 2 is 2.27 bits per heavy atom. The van der Waals surface area contributed by atoms with Crippen LogP contribution >= 0.6 is 0 Å². The van der Waals surface area contributed by atoms with Gasteiger partial charge in [-0.1, -0.05) is 0 Å². The van der Waals surface area contributed by atoms with Gasteiger partial charge in [0.1, 0.15) is 6.33 Å². The maximum absolute atomic E-state index is 9.30. The molecule has 1 atom stereocenters. The first-order chi connectivity index (χ1) is 7.22. The van der Waals surface area contributed by atoms with E-state index in [2.05, 4.69) is 15.1 Å². The third-order valence-corrected chi connectivity index (χ3v) is 2.07. The molecule has 0 fully saturated rings. The van der Waals surface area contributed by atoms with Gasteiger partial charge in [-0.15, -0.1) is 0 Å². The molecule has 2 heterocycles. The number of hydrogen-bond acceptors (Lipinski definition) is 6. The van der Waals surface area contributed by atoms with Crippen molar-refractivity contribution in [3.8, 4) is 0 Å². The van der Waals surface area contributed by atoms with Gasteiger partial charge in [0.2, 0.25) is 5.95 Å². The van der Waals surface area contributed by atoms with Crippen LogP contribution < -0.4 is 5.73 Å². The Morgan fingerprint density at radius 3 is 3.00 bits per heavy atom. The van der Waals surface area contributed by atoms with Crippen LogP contribution in [-0.4, -0.2) is 42.5 Å². The summed E-state index contributed by atoms with van der Waals surface area (Å²) in [5, 5.41) is 22.0. The van der Waals surface area contributed by atoms with Crippen molar-refractivity contribution < 1.29 is 10.2 Å². The highest BCUT2D eigenvalue weighted by atomic mass is 16.3. The van der Waals surface area contributed by atoms with E-state index in [0.29, 0.717) is 5.65 Å². The number of rotatable bonds is 3. The molecule has 1 unspecified atom stereocenters. The van der Waals surface area contributed by atoms with E-state index in [-0.39, 0.29) is 19.0 Å². The minimum atomic E-state index is -0.811. The van der Waals surface area contributed by atoms with E-state index in [9.17, 15) is 5.11 Å². The molecule has 2 aromatic rings. The van der Waals surface area contributed by atoms with E-state index in [4.69, 9.17) is 10.8 Å². The molecule has 0 saturated heterocycles. The number of aliphatic hydroxyl groups is 2. The predicted molar refractivity (Wildman–Crippen MR) is 52.0 cm³/mol. The van der Waals surface area contributed by atoms with Crippen LogP contribution in [0.25, 0.3) is 5.65 Å². The van der Waals surface area contributed by atoms with E-state index in [1.54, 1.807) is 6.20 Å². The van der Waals surface area contributed by atoms with E-state index >= 15 is 0 Å². The number of aliphatic hydroxyl groups excluding tert-OH is 2. The largest absolute Gasteiger partial charge is 0.394 e. The van der Waals surface area contributed by atoms with Crippen molar-refractivity contribution in [1.82, 2.24) is 19.6 Å². The number of hydrogen-bond donors (Lipinski definition) is 3. The number of aromatic nitrogens is 4. The highest BCUT2D eigenvalue weighted by molar-refractivity contribution is 5.49. The first-order valence-electron chi connectivity index (χ1n) is 4.44. The third kappa shape index (κ3) is 1.74. The lowest BCUT2D eigenvalue weighted by molar-refractivity contribution is 0.0957. The first-order valence-corrected chi connectivity index (χ1v) is 4.44. The number of nitrogens with zero attached hydrogens (tertiary/aromatic N) is 4. The molecule has 2 aromatic heterocycles. The van der Waals surface area contributed by atoms with Gasteiger partial charge in [-0.05, 0) is 0 Å². The fourth-order valence-electron chi connectivity index (χ4n) is 1.34. The Labute approximate surface area is 85.2 Å². The van der Waals surface area contributed by atoms with Crippen LogP contribution in [0.15, 0.2) is 12.5 Å². The Morgan fingerprint density at radius 1 is 1.47 bits per heavy atom. The smallest absolute Gasteiger partial charge is 0.224 e. The number of nitrogens with two attached hydrogens (primary N) is 1. The summed E-state index contributed by atoms with van der Waals surface area (Å²) >= 11 is 0. The zero-order valence-corrected chi connectivity index (χ0v) is 7.91. The number of nitrogen functional groups attached to an aromatic ring is 1. The van der Waals surface area contributed by atoms with Crippen LogP contribution in [0, 0.1) is 0 Å². The molecular weight excluding hydrogens is 198 g/mol. The third-order valence-electron chi connectivity index (χ3n) is 2.07. The van der Waals surface area contributed by atoms with Crippen molar-refractivity contribution in [2.45, 2.75) is 12.5 Å². The van der Waals surface area contributed by atoms with Crippen LogP contribution in [0.1, 0.15) is 5.56 Å².